The molecule has 1 heterocycles. The molecule has 0 radical (unpaired) electrons. The quantitative estimate of drug-likeness (QED) is 0.687. The van der Waals surface area contributed by atoms with Crippen LogP contribution in [0.15, 0.2) is 53.1 Å². The van der Waals surface area contributed by atoms with E-state index in [9.17, 15) is 9.90 Å². The molecule has 0 fully saturated rings. The second-order valence-electron chi connectivity index (χ2n) is 5.82. The molecule has 0 aliphatic rings. The summed E-state index contributed by atoms with van der Waals surface area (Å²) in [4.78, 5) is 12.4. The number of benzene rings is 2. The molecule has 1 atom stereocenters. The van der Waals surface area contributed by atoms with Crippen LogP contribution in [-0.4, -0.2) is 29.2 Å². The number of carbonyl (C=O) groups is 1. The van der Waals surface area contributed by atoms with Crippen molar-refractivity contribution in [3.63, 3.8) is 0 Å². The van der Waals surface area contributed by atoms with Gasteiger partial charge >= 0.3 is 0 Å². The summed E-state index contributed by atoms with van der Waals surface area (Å²) < 4.78 is 7.84. The third-order valence-corrected chi connectivity index (χ3v) is 4.86. The first-order chi connectivity index (χ1) is 12.0. The maximum absolute atomic E-state index is 12.4. The van der Waals surface area contributed by atoms with Crippen LogP contribution in [0.5, 0.6) is 5.75 Å². The SMILES string of the molecule is COc1ccc(Br)c(C(=O)NCC(O)c2ccc3c(ccn3C)c2)c1. The Bertz CT molecular complexity index is 920. The van der Waals surface area contributed by atoms with Crippen LogP contribution in [0, 0.1) is 0 Å². The minimum absolute atomic E-state index is 0.126. The van der Waals surface area contributed by atoms with Gasteiger partial charge in [-0.25, -0.2) is 0 Å². The molecular formula is C19H19BrN2O3. The van der Waals surface area contributed by atoms with E-state index < -0.39 is 6.10 Å². The lowest BCUT2D eigenvalue weighted by Crippen LogP contribution is -2.28. The van der Waals surface area contributed by atoms with Crippen LogP contribution < -0.4 is 10.1 Å². The van der Waals surface area contributed by atoms with Crippen molar-refractivity contribution < 1.29 is 14.6 Å². The van der Waals surface area contributed by atoms with Gasteiger partial charge in [-0.1, -0.05) is 6.07 Å². The fraction of sp³-hybridized carbons (Fsp3) is 0.211. The van der Waals surface area contributed by atoms with Crippen molar-refractivity contribution in [2.24, 2.45) is 7.05 Å². The highest BCUT2D eigenvalue weighted by Crippen LogP contribution is 2.23. The largest absolute Gasteiger partial charge is 0.497 e. The number of aromatic nitrogens is 1. The van der Waals surface area contributed by atoms with Gasteiger partial charge in [-0.2, -0.15) is 0 Å². The fourth-order valence-corrected chi connectivity index (χ4v) is 3.14. The van der Waals surface area contributed by atoms with Gasteiger partial charge in [0.1, 0.15) is 5.75 Å². The normalized spacial score (nSPS) is 12.2. The molecule has 130 valence electrons. The zero-order valence-electron chi connectivity index (χ0n) is 14.0. The van der Waals surface area contributed by atoms with Crippen LogP contribution in [-0.2, 0) is 7.05 Å². The van der Waals surface area contributed by atoms with Crippen LogP contribution in [0.25, 0.3) is 10.9 Å². The number of aryl methyl sites for hydroxylation is 1. The third kappa shape index (κ3) is 3.70. The number of aliphatic hydroxyl groups is 1. The summed E-state index contributed by atoms with van der Waals surface area (Å²) in [6, 6.07) is 13.0. The number of amides is 1. The Balaban J connectivity index is 1.70. The summed E-state index contributed by atoms with van der Waals surface area (Å²) in [6.45, 7) is 0.126. The van der Waals surface area contributed by atoms with E-state index in [4.69, 9.17) is 4.74 Å². The number of hydrogen-bond acceptors (Lipinski definition) is 3. The Morgan fingerprint density at radius 2 is 2.08 bits per heavy atom. The molecule has 3 rings (SSSR count). The van der Waals surface area contributed by atoms with E-state index in [-0.39, 0.29) is 12.5 Å². The molecule has 1 unspecified atom stereocenters. The van der Waals surface area contributed by atoms with Gasteiger partial charge in [-0.15, -0.1) is 0 Å². The van der Waals surface area contributed by atoms with Crippen LogP contribution in [0.3, 0.4) is 0 Å². The molecule has 0 aliphatic heterocycles. The van der Waals surface area contributed by atoms with E-state index in [0.717, 1.165) is 16.5 Å². The molecule has 6 heteroatoms. The standard InChI is InChI=1S/C19H19BrN2O3/c1-22-8-7-12-9-13(3-6-17(12)22)18(23)11-21-19(24)15-10-14(25-2)4-5-16(15)20/h3-10,18,23H,11H2,1-2H3,(H,21,24). The van der Waals surface area contributed by atoms with Gasteiger partial charge in [0, 0.05) is 29.8 Å². The molecule has 1 aromatic heterocycles. The van der Waals surface area contributed by atoms with Crippen molar-refractivity contribution in [3.8, 4) is 5.75 Å². The number of carbonyl (C=O) groups excluding carboxylic acids is 1. The van der Waals surface area contributed by atoms with E-state index in [1.54, 1.807) is 25.3 Å². The van der Waals surface area contributed by atoms with E-state index in [1.165, 1.54) is 0 Å². The Morgan fingerprint density at radius 1 is 1.28 bits per heavy atom. The second kappa shape index (κ2) is 7.29. The van der Waals surface area contributed by atoms with E-state index in [0.29, 0.717) is 15.8 Å². The molecule has 0 saturated carbocycles. The average Bonchev–Trinajstić information content (AvgIpc) is 3.00. The van der Waals surface area contributed by atoms with Gasteiger partial charge in [0.2, 0.25) is 0 Å². The Morgan fingerprint density at radius 3 is 2.84 bits per heavy atom. The number of nitrogens with zero attached hydrogens (tertiary/aromatic N) is 1. The van der Waals surface area contributed by atoms with Gasteiger partial charge in [-0.05, 0) is 63.3 Å². The predicted molar refractivity (Wildman–Crippen MR) is 101 cm³/mol. The fourth-order valence-electron chi connectivity index (χ4n) is 2.72. The van der Waals surface area contributed by atoms with Crippen molar-refractivity contribution in [3.05, 3.63) is 64.3 Å². The van der Waals surface area contributed by atoms with Crippen LogP contribution in [0.2, 0.25) is 0 Å². The van der Waals surface area contributed by atoms with Gasteiger partial charge in [0.05, 0.1) is 18.8 Å². The topological polar surface area (TPSA) is 63.5 Å². The lowest BCUT2D eigenvalue weighted by atomic mass is 10.1. The molecule has 2 aromatic carbocycles. The van der Waals surface area contributed by atoms with Crippen LogP contribution in [0.4, 0.5) is 0 Å². The number of nitrogens with one attached hydrogen (secondary N) is 1. The number of methoxy groups -OCH3 is 1. The summed E-state index contributed by atoms with van der Waals surface area (Å²) in [5, 5.41) is 14.2. The second-order valence-corrected chi connectivity index (χ2v) is 6.67. The predicted octanol–water partition coefficient (Wildman–Crippen LogP) is 3.41. The van der Waals surface area contributed by atoms with E-state index >= 15 is 0 Å². The first-order valence-corrected chi connectivity index (χ1v) is 8.63. The summed E-state index contributed by atoms with van der Waals surface area (Å²) in [7, 11) is 3.53. The minimum atomic E-state index is -0.780. The van der Waals surface area contributed by atoms with Gasteiger partial charge in [0.15, 0.2) is 0 Å². The zero-order valence-corrected chi connectivity index (χ0v) is 15.6. The van der Waals surface area contributed by atoms with Crippen molar-refractivity contribution in [1.82, 2.24) is 9.88 Å². The lowest BCUT2D eigenvalue weighted by Gasteiger charge is -2.14. The Labute approximate surface area is 154 Å². The number of fused-ring (bicyclic) bond motifs is 1. The molecule has 0 bridgehead atoms. The summed E-state index contributed by atoms with van der Waals surface area (Å²) in [6.07, 6.45) is 1.20. The molecule has 0 aliphatic carbocycles. The highest BCUT2D eigenvalue weighted by atomic mass is 79.9. The van der Waals surface area contributed by atoms with Crippen LogP contribution >= 0.6 is 15.9 Å². The lowest BCUT2D eigenvalue weighted by molar-refractivity contribution is 0.0915. The summed E-state index contributed by atoms with van der Waals surface area (Å²) in [5.41, 5.74) is 2.33. The van der Waals surface area contributed by atoms with E-state index in [2.05, 4.69) is 21.2 Å². The minimum Gasteiger partial charge on any atom is -0.497 e. The van der Waals surface area contributed by atoms with E-state index in [1.807, 2.05) is 42.1 Å². The zero-order chi connectivity index (χ0) is 18.0. The van der Waals surface area contributed by atoms with Crippen molar-refractivity contribution in [1.29, 1.82) is 0 Å². The number of aliphatic hydroxyl groups excluding tert-OH is 1. The van der Waals surface area contributed by atoms with Crippen molar-refractivity contribution in [2.45, 2.75) is 6.10 Å². The molecule has 1 amide bonds. The third-order valence-electron chi connectivity index (χ3n) is 4.17. The first-order valence-electron chi connectivity index (χ1n) is 7.84. The number of halogens is 1. The van der Waals surface area contributed by atoms with Crippen molar-refractivity contribution >= 4 is 32.7 Å². The summed E-state index contributed by atoms with van der Waals surface area (Å²) >= 11 is 3.36. The molecule has 0 saturated heterocycles. The molecule has 25 heavy (non-hydrogen) atoms. The van der Waals surface area contributed by atoms with Crippen LogP contribution in [0.1, 0.15) is 22.0 Å². The molecule has 3 aromatic rings. The highest BCUT2D eigenvalue weighted by Gasteiger charge is 2.14. The molecule has 5 nitrogen and oxygen atoms in total. The molecular weight excluding hydrogens is 384 g/mol. The first kappa shape index (κ1) is 17.5. The molecule has 2 N–H and O–H groups in total. The molecule has 0 spiro atoms. The maximum Gasteiger partial charge on any atom is 0.252 e. The maximum atomic E-state index is 12.4. The van der Waals surface area contributed by atoms with Gasteiger partial charge < -0.3 is 19.7 Å². The monoisotopic (exact) mass is 402 g/mol. The number of hydrogen-bond donors (Lipinski definition) is 2. The summed E-state index contributed by atoms with van der Waals surface area (Å²) in [5.74, 6) is 0.328. The smallest absolute Gasteiger partial charge is 0.252 e. The number of ether oxygens (including phenoxy) is 1. The highest BCUT2D eigenvalue weighted by molar-refractivity contribution is 9.10. The number of rotatable bonds is 5. The van der Waals surface area contributed by atoms with Gasteiger partial charge in [-0.3, -0.25) is 4.79 Å². The Hall–Kier alpha value is -2.31. The van der Waals surface area contributed by atoms with Gasteiger partial charge in [0.25, 0.3) is 5.91 Å². The Kier molecular flexibility index (Phi) is 5.11. The van der Waals surface area contributed by atoms with Crippen molar-refractivity contribution in [2.75, 3.05) is 13.7 Å². The average molecular weight is 403 g/mol.